The van der Waals surface area contributed by atoms with Crippen LogP contribution in [0.4, 0.5) is 0 Å². The second-order valence-electron chi connectivity index (χ2n) is 5.83. The second-order valence-corrected chi connectivity index (χ2v) is 5.83. The molecule has 0 saturated carbocycles. The van der Waals surface area contributed by atoms with Crippen LogP contribution in [0.2, 0.25) is 0 Å². The molecule has 134 valence electrons. The van der Waals surface area contributed by atoms with Gasteiger partial charge in [0, 0.05) is 6.04 Å². The van der Waals surface area contributed by atoms with E-state index in [1.807, 2.05) is 55.5 Å². The molecular formula is C20H25NO4. The minimum atomic E-state index is -0.499. The largest absolute Gasteiger partial charge is 0.493 e. The molecule has 25 heavy (non-hydrogen) atoms. The van der Waals surface area contributed by atoms with E-state index in [-0.39, 0.29) is 12.0 Å². The summed E-state index contributed by atoms with van der Waals surface area (Å²) in [5.74, 6) is 1.09. The lowest BCUT2D eigenvalue weighted by molar-refractivity contribution is -0.143. The van der Waals surface area contributed by atoms with Gasteiger partial charge in [-0.15, -0.1) is 0 Å². The molecule has 5 nitrogen and oxygen atoms in total. The summed E-state index contributed by atoms with van der Waals surface area (Å²) < 4.78 is 15.6. The summed E-state index contributed by atoms with van der Waals surface area (Å²) in [6.07, 6.45) is 0.737. The van der Waals surface area contributed by atoms with Gasteiger partial charge in [-0.1, -0.05) is 36.4 Å². The van der Waals surface area contributed by atoms with E-state index in [0.29, 0.717) is 11.5 Å². The van der Waals surface area contributed by atoms with E-state index >= 15 is 0 Å². The Balaban J connectivity index is 2.11. The normalized spacial score (nSPS) is 13.0. The van der Waals surface area contributed by atoms with E-state index in [2.05, 4.69) is 5.32 Å². The monoisotopic (exact) mass is 343 g/mol. The molecule has 0 fully saturated rings. The van der Waals surface area contributed by atoms with Crippen LogP contribution in [0.15, 0.2) is 48.5 Å². The first-order valence-corrected chi connectivity index (χ1v) is 8.18. The van der Waals surface area contributed by atoms with Gasteiger partial charge in [0.05, 0.1) is 21.3 Å². The molecule has 0 bridgehead atoms. The van der Waals surface area contributed by atoms with Gasteiger partial charge in [0.1, 0.15) is 6.04 Å². The Kier molecular flexibility index (Phi) is 6.83. The number of ether oxygens (including phenoxy) is 3. The lowest BCUT2D eigenvalue weighted by Crippen LogP contribution is -2.37. The maximum absolute atomic E-state index is 12.2. The molecule has 2 aromatic rings. The molecule has 0 saturated heterocycles. The maximum atomic E-state index is 12.2. The number of hydrogen-bond acceptors (Lipinski definition) is 5. The molecule has 0 radical (unpaired) electrons. The standard InChI is InChI=1S/C20H25NO4/c1-14(12-15-10-11-17(23-2)18(13-15)24-3)21-19(20(22)25-4)16-8-6-5-7-9-16/h5-11,13-14,19,21H,12H2,1-4H3. The van der Waals surface area contributed by atoms with Crippen LogP contribution in [0.25, 0.3) is 0 Å². The van der Waals surface area contributed by atoms with E-state index in [1.165, 1.54) is 7.11 Å². The van der Waals surface area contributed by atoms with E-state index in [1.54, 1.807) is 14.2 Å². The van der Waals surface area contributed by atoms with Crippen molar-refractivity contribution in [2.45, 2.75) is 25.4 Å². The molecule has 0 heterocycles. The molecule has 0 spiro atoms. The average Bonchev–Trinajstić information content (AvgIpc) is 2.66. The molecular weight excluding hydrogens is 318 g/mol. The van der Waals surface area contributed by atoms with Crippen molar-refractivity contribution in [2.24, 2.45) is 0 Å². The summed E-state index contributed by atoms with van der Waals surface area (Å²) in [7, 11) is 4.63. The number of carbonyl (C=O) groups is 1. The molecule has 0 aliphatic heterocycles. The molecule has 1 N–H and O–H groups in total. The lowest BCUT2D eigenvalue weighted by Gasteiger charge is -2.22. The number of hydrogen-bond donors (Lipinski definition) is 1. The number of esters is 1. The van der Waals surface area contributed by atoms with Gasteiger partial charge in [-0.3, -0.25) is 5.32 Å². The van der Waals surface area contributed by atoms with Gasteiger partial charge in [0.2, 0.25) is 0 Å². The summed E-state index contributed by atoms with van der Waals surface area (Å²) in [6.45, 7) is 2.04. The minimum absolute atomic E-state index is 0.0578. The third kappa shape index (κ3) is 4.97. The van der Waals surface area contributed by atoms with Crippen molar-refractivity contribution in [3.8, 4) is 11.5 Å². The fourth-order valence-corrected chi connectivity index (χ4v) is 2.77. The molecule has 2 atom stereocenters. The minimum Gasteiger partial charge on any atom is -0.493 e. The van der Waals surface area contributed by atoms with Crippen LogP contribution in [0.5, 0.6) is 11.5 Å². The lowest BCUT2D eigenvalue weighted by atomic mass is 10.0. The Morgan fingerprint density at radius 1 is 1.00 bits per heavy atom. The highest BCUT2D eigenvalue weighted by Crippen LogP contribution is 2.28. The van der Waals surface area contributed by atoms with E-state index in [0.717, 1.165) is 17.5 Å². The average molecular weight is 343 g/mol. The number of methoxy groups -OCH3 is 3. The molecule has 5 heteroatoms. The molecule has 0 aliphatic rings. The van der Waals surface area contributed by atoms with Gasteiger partial charge >= 0.3 is 5.97 Å². The van der Waals surface area contributed by atoms with Crippen molar-refractivity contribution < 1.29 is 19.0 Å². The molecule has 0 aromatic heterocycles. The zero-order valence-electron chi connectivity index (χ0n) is 15.1. The van der Waals surface area contributed by atoms with Crippen molar-refractivity contribution >= 4 is 5.97 Å². The van der Waals surface area contributed by atoms with Crippen LogP contribution >= 0.6 is 0 Å². The molecule has 2 unspecified atom stereocenters. The highest BCUT2D eigenvalue weighted by atomic mass is 16.5. The third-order valence-corrected chi connectivity index (χ3v) is 4.01. The fraction of sp³-hybridized carbons (Fsp3) is 0.350. The first-order valence-electron chi connectivity index (χ1n) is 8.18. The Morgan fingerprint density at radius 3 is 2.28 bits per heavy atom. The van der Waals surface area contributed by atoms with E-state index in [4.69, 9.17) is 14.2 Å². The van der Waals surface area contributed by atoms with Gasteiger partial charge in [-0.25, -0.2) is 4.79 Å². The van der Waals surface area contributed by atoms with Crippen molar-refractivity contribution in [3.05, 3.63) is 59.7 Å². The summed E-state index contributed by atoms with van der Waals surface area (Å²) in [5, 5.41) is 3.35. The van der Waals surface area contributed by atoms with Crippen LogP contribution in [-0.2, 0) is 16.0 Å². The van der Waals surface area contributed by atoms with Crippen LogP contribution in [0.1, 0.15) is 24.1 Å². The molecule has 2 rings (SSSR count). The first-order chi connectivity index (χ1) is 12.1. The van der Waals surface area contributed by atoms with E-state index < -0.39 is 6.04 Å². The zero-order valence-corrected chi connectivity index (χ0v) is 15.1. The highest BCUT2D eigenvalue weighted by Gasteiger charge is 2.23. The Hall–Kier alpha value is -2.53. The Morgan fingerprint density at radius 2 is 1.68 bits per heavy atom. The second kappa shape index (κ2) is 9.08. The number of benzene rings is 2. The number of nitrogens with one attached hydrogen (secondary N) is 1. The van der Waals surface area contributed by atoms with E-state index in [9.17, 15) is 4.79 Å². The van der Waals surface area contributed by atoms with Gasteiger partial charge in [0.15, 0.2) is 11.5 Å². The number of rotatable bonds is 8. The summed E-state index contributed by atoms with van der Waals surface area (Å²) in [4.78, 5) is 12.2. The van der Waals surface area contributed by atoms with Crippen LogP contribution in [-0.4, -0.2) is 33.3 Å². The molecule has 0 aliphatic carbocycles. The molecule has 2 aromatic carbocycles. The van der Waals surface area contributed by atoms with Gasteiger partial charge < -0.3 is 14.2 Å². The quantitative estimate of drug-likeness (QED) is 0.746. The summed E-state index contributed by atoms with van der Waals surface area (Å²) >= 11 is 0. The fourth-order valence-electron chi connectivity index (χ4n) is 2.77. The zero-order chi connectivity index (χ0) is 18.2. The van der Waals surface area contributed by atoms with Gasteiger partial charge in [-0.05, 0) is 36.6 Å². The topological polar surface area (TPSA) is 56.8 Å². The van der Waals surface area contributed by atoms with Crippen LogP contribution in [0, 0.1) is 0 Å². The summed E-state index contributed by atoms with van der Waals surface area (Å²) in [5.41, 5.74) is 1.97. The predicted octanol–water partition coefficient (Wildman–Crippen LogP) is 3.14. The van der Waals surface area contributed by atoms with Crippen LogP contribution in [0.3, 0.4) is 0 Å². The first kappa shape index (κ1) is 18.8. The van der Waals surface area contributed by atoms with Gasteiger partial charge in [0.25, 0.3) is 0 Å². The predicted molar refractivity (Wildman–Crippen MR) is 97.0 cm³/mol. The van der Waals surface area contributed by atoms with Crippen molar-refractivity contribution in [2.75, 3.05) is 21.3 Å². The SMILES string of the molecule is COC(=O)C(NC(C)Cc1ccc(OC)c(OC)c1)c1ccccc1. The third-order valence-electron chi connectivity index (χ3n) is 4.01. The molecule has 0 amide bonds. The number of carbonyl (C=O) groups excluding carboxylic acids is 1. The van der Waals surface area contributed by atoms with Crippen LogP contribution < -0.4 is 14.8 Å². The van der Waals surface area contributed by atoms with Crippen molar-refractivity contribution in [1.82, 2.24) is 5.32 Å². The Bertz CT molecular complexity index is 687. The Labute approximate surface area is 148 Å². The van der Waals surface area contributed by atoms with Crippen molar-refractivity contribution in [1.29, 1.82) is 0 Å². The highest BCUT2D eigenvalue weighted by molar-refractivity contribution is 5.77. The smallest absolute Gasteiger partial charge is 0.327 e. The summed E-state index contributed by atoms with van der Waals surface area (Å²) in [6, 6.07) is 15.0. The van der Waals surface area contributed by atoms with Crippen molar-refractivity contribution in [3.63, 3.8) is 0 Å². The van der Waals surface area contributed by atoms with Gasteiger partial charge in [-0.2, -0.15) is 0 Å². The maximum Gasteiger partial charge on any atom is 0.327 e.